The largest absolute Gasteiger partial charge is 0.481 e. The van der Waals surface area contributed by atoms with Crippen LogP contribution >= 0.6 is 0 Å². The number of carboxylic acid groups (broad SMARTS) is 1. The Morgan fingerprint density at radius 3 is 2.29 bits per heavy atom. The summed E-state index contributed by atoms with van der Waals surface area (Å²) in [6, 6.07) is 39.3. The zero-order valence-electron chi connectivity index (χ0n) is 29.2. The summed E-state index contributed by atoms with van der Waals surface area (Å²) in [7, 11) is 2.14. The van der Waals surface area contributed by atoms with E-state index in [0.29, 0.717) is 25.9 Å². The van der Waals surface area contributed by atoms with E-state index in [9.17, 15) is 14.7 Å². The molecule has 4 atom stereocenters. The molecule has 1 aliphatic heterocycles. The van der Waals surface area contributed by atoms with Gasteiger partial charge in [0.1, 0.15) is 0 Å². The van der Waals surface area contributed by atoms with Crippen LogP contribution in [0.25, 0.3) is 21.9 Å². The summed E-state index contributed by atoms with van der Waals surface area (Å²) < 4.78 is 13.3. The van der Waals surface area contributed by atoms with Crippen molar-refractivity contribution in [2.75, 3.05) is 13.6 Å². The third kappa shape index (κ3) is 9.28. The van der Waals surface area contributed by atoms with Crippen molar-refractivity contribution in [1.82, 2.24) is 10.2 Å². The van der Waals surface area contributed by atoms with Gasteiger partial charge in [-0.15, -0.1) is 0 Å². The first-order valence-electron chi connectivity index (χ1n) is 17.6. The second kappa shape index (κ2) is 16.9. The number of benzene rings is 5. The van der Waals surface area contributed by atoms with Crippen LogP contribution in [0.2, 0.25) is 0 Å². The third-order valence-corrected chi connectivity index (χ3v) is 9.81. The van der Waals surface area contributed by atoms with E-state index in [-0.39, 0.29) is 43.6 Å². The number of ether oxygens (including phenoxy) is 2. The number of likely N-dealkylation sites (N-methyl/N-ethyl adjacent to an activating group) is 1. The predicted octanol–water partition coefficient (Wildman–Crippen LogP) is 8.11. The summed E-state index contributed by atoms with van der Waals surface area (Å²) in [6.07, 6.45) is 0.288. The lowest BCUT2D eigenvalue weighted by atomic mass is 9.97. The monoisotopic (exact) mass is 686 g/mol. The van der Waals surface area contributed by atoms with E-state index >= 15 is 0 Å². The van der Waals surface area contributed by atoms with Gasteiger partial charge in [0.15, 0.2) is 6.29 Å². The van der Waals surface area contributed by atoms with E-state index in [1.807, 2.05) is 60.7 Å². The molecule has 1 saturated heterocycles. The first kappa shape index (κ1) is 35.9. The molecule has 1 aliphatic rings. The molecule has 0 bridgehead atoms. The average molecular weight is 687 g/mol. The molecule has 8 nitrogen and oxygen atoms in total. The van der Waals surface area contributed by atoms with Gasteiger partial charge in [-0.25, -0.2) is 0 Å². The standard InChI is InChI=1S/C43H46N2O6/c1-29(35-23-18-31-8-3-4-9-36(31)24-35)45(2)27-38-25-40(33-16-14-30(28-46)15-17-33)51-43(50-38)34-21-19-32(20-22-34)39-11-6-5-10-37(39)26-44-41(47)12-7-13-42(48)49/h3-6,8-11,14-24,29,38,40,43,46H,7,12-13,25-28H2,1-2H3,(H,44,47)(H,48,49)/t29-,38-,40+,43+/m1/s1. The van der Waals surface area contributed by atoms with Crippen molar-refractivity contribution in [3.63, 3.8) is 0 Å². The lowest BCUT2D eigenvalue weighted by molar-refractivity contribution is -0.253. The maximum atomic E-state index is 12.3. The average Bonchev–Trinajstić information content (AvgIpc) is 3.16. The summed E-state index contributed by atoms with van der Waals surface area (Å²) in [5.41, 5.74) is 7.05. The minimum Gasteiger partial charge on any atom is -0.481 e. The number of carbonyl (C=O) groups is 2. The van der Waals surface area contributed by atoms with Crippen molar-refractivity contribution in [3.8, 4) is 11.1 Å². The van der Waals surface area contributed by atoms with Gasteiger partial charge in [-0.1, -0.05) is 109 Å². The van der Waals surface area contributed by atoms with Gasteiger partial charge in [0, 0.05) is 44.0 Å². The highest BCUT2D eigenvalue weighted by molar-refractivity contribution is 5.83. The second-order valence-electron chi connectivity index (χ2n) is 13.4. The highest BCUT2D eigenvalue weighted by Gasteiger charge is 2.33. The zero-order valence-corrected chi connectivity index (χ0v) is 29.2. The molecular weight excluding hydrogens is 640 g/mol. The number of amides is 1. The number of aliphatic hydroxyl groups is 1. The van der Waals surface area contributed by atoms with Crippen molar-refractivity contribution in [2.24, 2.45) is 0 Å². The Labute approximate surface area is 299 Å². The minimum atomic E-state index is -0.901. The molecule has 0 saturated carbocycles. The minimum absolute atomic E-state index is 0.00768. The van der Waals surface area contributed by atoms with Crippen LogP contribution in [0.15, 0.2) is 115 Å². The van der Waals surface area contributed by atoms with Gasteiger partial charge in [-0.3, -0.25) is 14.5 Å². The summed E-state index contributed by atoms with van der Waals surface area (Å²) in [4.78, 5) is 25.5. The Hall–Kier alpha value is -4.86. The van der Waals surface area contributed by atoms with Crippen molar-refractivity contribution in [3.05, 3.63) is 143 Å². The van der Waals surface area contributed by atoms with Crippen molar-refractivity contribution in [2.45, 2.75) is 70.3 Å². The molecule has 8 heteroatoms. The Bertz CT molecular complexity index is 1930. The molecule has 3 N–H and O–H groups in total. The number of nitrogens with zero attached hydrogens (tertiary/aromatic N) is 1. The number of carboxylic acids is 1. The number of nitrogens with one attached hydrogen (secondary N) is 1. The van der Waals surface area contributed by atoms with Crippen LogP contribution in [0.1, 0.15) is 78.9 Å². The van der Waals surface area contributed by atoms with Gasteiger partial charge in [0.25, 0.3) is 0 Å². The van der Waals surface area contributed by atoms with Crippen LogP contribution in [-0.4, -0.2) is 46.7 Å². The summed E-state index contributed by atoms with van der Waals surface area (Å²) in [5.74, 6) is -1.07. The predicted molar refractivity (Wildman–Crippen MR) is 199 cm³/mol. The van der Waals surface area contributed by atoms with Gasteiger partial charge in [-0.05, 0) is 70.6 Å². The third-order valence-electron chi connectivity index (χ3n) is 9.81. The summed E-state index contributed by atoms with van der Waals surface area (Å²) in [6.45, 7) is 3.29. The lowest BCUT2D eigenvalue weighted by Gasteiger charge is -2.39. The number of hydrogen-bond acceptors (Lipinski definition) is 6. The number of rotatable bonds is 14. The van der Waals surface area contributed by atoms with E-state index in [2.05, 4.69) is 78.8 Å². The number of hydrogen-bond donors (Lipinski definition) is 3. The van der Waals surface area contributed by atoms with Crippen LogP contribution in [0, 0.1) is 0 Å². The maximum Gasteiger partial charge on any atom is 0.303 e. The second-order valence-corrected chi connectivity index (χ2v) is 13.4. The topological polar surface area (TPSA) is 108 Å². The summed E-state index contributed by atoms with van der Waals surface area (Å²) >= 11 is 0. The molecule has 0 unspecified atom stereocenters. The van der Waals surface area contributed by atoms with Gasteiger partial charge in [0.05, 0.1) is 18.8 Å². The van der Waals surface area contributed by atoms with Gasteiger partial charge < -0.3 is 25.0 Å². The van der Waals surface area contributed by atoms with Crippen molar-refractivity contribution in [1.29, 1.82) is 0 Å². The van der Waals surface area contributed by atoms with E-state index in [0.717, 1.165) is 33.4 Å². The molecule has 0 aromatic heterocycles. The fourth-order valence-electron chi connectivity index (χ4n) is 6.69. The van der Waals surface area contributed by atoms with Crippen LogP contribution in [0.5, 0.6) is 0 Å². The molecule has 5 aromatic rings. The van der Waals surface area contributed by atoms with E-state index in [4.69, 9.17) is 14.6 Å². The first-order valence-corrected chi connectivity index (χ1v) is 17.6. The molecular formula is C43H46N2O6. The number of aliphatic carboxylic acids is 1. The van der Waals surface area contributed by atoms with Crippen LogP contribution in [0.3, 0.4) is 0 Å². The Balaban J connectivity index is 1.18. The molecule has 1 heterocycles. The lowest BCUT2D eigenvalue weighted by Crippen LogP contribution is -2.38. The SMILES string of the molecule is C[C@H](c1ccc2ccccc2c1)N(C)C[C@H]1C[C@@H](c2ccc(CO)cc2)O[C@@H](c2ccc(-c3ccccc3CNC(=O)CCCC(=O)O)cc2)O1. The fourth-order valence-corrected chi connectivity index (χ4v) is 6.69. The Morgan fingerprint density at radius 2 is 1.55 bits per heavy atom. The Kier molecular flexibility index (Phi) is 11.9. The maximum absolute atomic E-state index is 12.3. The molecule has 51 heavy (non-hydrogen) atoms. The molecule has 0 radical (unpaired) electrons. The molecule has 0 spiro atoms. The highest BCUT2D eigenvalue weighted by Crippen LogP contribution is 2.39. The zero-order chi connectivity index (χ0) is 35.7. The number of carbonyl (C=O) groups excluding carboxylic acids is 1. The normalized spacial score (nSPS) is 18.1. The fraction of sp³-hybridized carbons (Fsp3) is 0.302. The molecule has 1 fully saturated rings. The molecule has 0 aliphatic carbocycles. The number of fused-ring (bicyclic) bond motifs is 1. The Morgan fingerprint density at radius 1 is 0.843 bits per heavy atom. The van der Waals surface area contributed by atoms with E-state index < -0.39 is 12.3 Å². The van der Waals surface area contributed by atoms with Gasteiger partial charge in [0.2, 0.25) is 5.91 Å². The molecule has 6 rings (SSSR count). The molecule has 1 amide bonds. The van der Waals surface area contributed by atoms with E-state index in [1.165, 1.54) is 16.3 Å². The number of aliphatic hydroxyl groups excluding tert-OH is 1. The molecule has 264 valence electrons. The van der Waals surface area contributed by atoms with Crippen molar-refractivity contribution >= 4 is 22.6 Å². The van der Waals surface area contributed by atoms with Crippen LogP contribution in [-0.2, 0) is 32.2 Å². The smallest absolute Gasteiger partial charge is 0.303 e. The van der Waals surface area contributed by atoms with E-state index in [1.54, 1.807) is 0 Å². The highest BCUT2D eigenvalue weighted by atomic mass is 16.7. The van der Waals surface area contributed by atoms with Crippen molar-refractivity contribution < 1.29 is 29.3 Å². The quantitative estimate of drug-likeness (QED) is 0.108. The van der Waals surface area contributed by atoms with Gasteiger partial charge in [-0.2, -0.15) is 0 Å². The van der Waals surface area contributed by atoms with Crippen LogP contribution in [0.4, 0.5) is 0 Å². The summed E-state index contributed by atoms with van der Waals surface area (Å²) in [5, 5.41) is 23.9. The molecule has 5 aromatic carbocycles. The van der Waals surface area contributed by atoms with Crippen LogP contribution < -0.4 is 5.32 Å². The first-order chi connectivity index (χ1) is 24.8. The van der Waals surface area contributed by atoms with Gasteiger partial charge >= 0.3 is 5.97 Å².